The molecule has 4 bridgehead atoms. The maximum absolute atomic E-state index is 16.1. The number of H-pyrrole nitrogens is 1. The highest BCUT2D eigenvalue weighted by molar-refractivity contribution is 8.44. The lowest BCUT2D eigenvalue weighted by Gasteiger charge is -2.32. The molecule has 8 rings (SSSR count). The fourth-order valence-electron chi connectivity index (χ4n) is 5.94. The third-order valence-corrected chi connectivity index (χ3v) is 12.7. The van der Waals surface area contributed by atoms with Crippen LogP contribution in [-0.2, 0) is 36.7 Å². The lowest BCUT2D eigenvalue weighted by Crippen LogP contribution is -2.45. The molecule has 2 unspecified atom stereocenters. The summed E-state index contributed by atoms with van der Waals surface area (Å²) in [4.78, 5) is 35.4. The monoisotopic (exact) mass is 736 g/mol. The van der Waals surface area contributed by atoms with Crippen molar-refractivity contribution in [2.24, 2.45) is 0 Å². The van der Waals surface area contributed by atoms with Crippen molar-refractivity contribution in [2.75, 3.05) is 31.3 Å². The summed E-state index contributed by atoms with van der Waals surface area (Å²) in [6.45, 7) is -9.76. The number of rotatable bonds is 2. The number of nitrogen functional groups attached to an aromatic ring is 2. The predicted octanol–water partition coefficient (Wildman–Crippen LogP) is 1.64. The van der Waals surface area contributed by atoms with Gasteiger partial charge in [0.25, 0.3) is 5.56 Å². The van der Waals surface area contributed by atoms with Gasteiger partial charge < -0.3 is 20.9 Å². The number of ether oxygens (including phenoxy) is 2. The number of fused-ring (bicyclic) bond motifs is 4. The van der Waals surface area contributed by atoms with Crippen molar-refractivity contribution in [2.45, 2.75) is 46.9 Å². The van der Waals surface area contributed by atoms with Crippen LogP contribution in [0.2, 0.25) is 0 Å². The number of nitrogens with zero attached hydrogens (tertiary/aromatic N) is 7. The van der Waals surface area contributed by atoms with E-state index in [2.05, 4.69) is 54.4 Å². The number of aromatic nitrogens is 8. The van der Waals surface area contributed by atoms with Gasteiger partial charge in [-0.1, -0.05) is 24.5 Å². The Balaban J connectivity index is 1.14. The predicted molar refractivity (Wildman–Crippen MR) is 165 cm³/mol. The summed E-state index contributed by atoms with van der Waals surface area (Å²) >= 11 is 9.30. The van der Waals surface area contributed by atoms with Gasteiger partial charge in [0, 0.05) is 0 Å². The molecule has 246 valence electrons. The normalized spacial score (nSPS) is 39.7. The van der Waals surface area contributed by atoms with Gasteiger partial charge in [-0.2, -0.15) is 4.98 Å². The van der Waals surface area contributed by atoms with E-state index in [-0.39, 0.29) is 29.5 Å². The van der Waals surface area contributed by atoms with Crippen molar-refractivity contribution in [3.8, 4) is 0 Å². The summed E-state index contributed by atoms with van der Waals surface area (Å²) in [6.07, 6.45) is -2.45. The number of hydrogen-bond donors (Lipinski definition) is 5. The van der Waals surface area contributed by atoms with E-state index in [0.717, 1.165) is 11.8 Å². The second kappa shape index (κ2) is 10.9. The van der Waals surface area contributed by atoms with Crippen molar-refractivity contribution in [3.05, 3.63) is 29.3 Å². The van der Waals surface area contributed by atoms with Crippen LogP contribution in [0.1, 0.15) is 11.6 Å². The molecule has 25 heteroatoms. The lowest BCUT2D eigenvalue weighted by atomic mass is 10.0. The van der Waals surface area contributed by atoms with Gasteiger partial charge in [0.15, 0.2) is 28.9 Å². The average molecular weight is 737 g/mol. The zero-order valence-electron chi connectivity index (χ0n) is 22.9. The molecule has 0 aromatic carbocycles. The van der Waals surface area contributed by atoms with E-state index in [9.17, 15) is 13.9 Å². The van der Waals surface area contributed by atoms with Gasteiger partial charge in [0.2, 0.25) is 5.95 Å². The Labute approximate surface area is 271 Å². The molecule has 4 fully saturated rings. The van der Waals surface area contributed by atoms with E-state index in [0.29, 0.717) is 11.2 Å². The van der Waals surface area contributed by atoms with Crippen LogP contribution in [0, 0.1) is 0 Å². The highest BCUT2D eigenvalue weighted by Crippen LogP contribution is 2.64. The van der Waals surface area contributed by atoms with Gasteiger partial charge in [-0.15, -0.1) is 11.8 Å². The average Bonchev–Trinajstić information content (AvgIpc) is 3.80. The number of thiol groups is 2. The highest BCUT2D eigenvalue weighted by atomic mass is 32.7. The first kappa shape index (κ1) is 31.0. The van der Waals surface area contributed by atoms with Crippen LogP contribution >= 0.6 is 49.9 Å². The number of halogens is 1. The first-order valence-electron chi connectivity index (χ1n) is 13.4. The van der Waals surface area contributed by atoms with Crippen LogP contribution in [0.15, 0.2) is 23.8 Å². The maximum Gasteiger partial charge on any atom is 0.386 e. The van der Waals surface area contributed by atoms with Crippen molar-refractivity contribution < 1.29 is 41.1 Å². The van der Waals surface area contributed by atoms with E-state index in [1.807, 2.05) is 0 Å². The number of thioether (sulfide) groups is 1. The number of hydrogen-bond acceptors (Lipinski definition) is 17. The third-order valence-electron chi connectivity index (χ3n) is 8.00. The fraction of sp³-hybridized carbons (Fsp3) is 0.524. The molecule has 5 N–H and O–H groups in total. The fourth-order valence-corrected chi connectivity index (χ4v) is 10.6. The molecule has 46 heavy (non-hydrogen) atoms. The second-order valence-electron chi connectivity index (χ2n) is 10.8. The minimum atomic E-state index is -4.38. The van der Waals surface area contributed by atoms with Crippen LogP contribution in [-0.4, -0.2) is 94.2 Å². The number of imidazole rings is 2. The molecule has 19 nitrogen and oxygen atoms in total. The van der Waals surface area contributed by atoms with Crippen LogP contribution in [0.4, 0.5) is 16.2 Å². The van der Waals surface area contributed by atoms with E-state index < -0.39 is 79.3 Å². The molecule has 0 spiro atoms. The quantitative estimate of drug-likeness (QED) is 0.145. The number of anilines is 2. The Kier molecular flexibility index (Phi) is 7.32. The lowest BCUT2D eigenvalue weighted by molar-refractivity contribution is -0.182. The van der Waals surface area contributed by atoms with Crippen molar-refractivity contribution >= 4 is 83.9 Å². The molecule has 8 heterocycles. The van der Waals surface area contributed by atoms with Crippen molar-refractivity contribution in [1.29, 1.82) is 0 Å². The van der Waals surface area contributed by atoms with Crippen LogP contribution in [0.5, 0.6) is 0 Å². The van der Waals surface area contributed by atoms with Crippen LogP contribution in [0.25, 0.3) is 22.3 Å². The molecule has 0 aliphatic carbocycles. The molecule has 4 aliphatic heterocycles. The minimum absolute atomic E-state index is 0.0284. The first-order valence-corrected chi connectivity index (χ1v) is 19.7. The van der Waals surface area contributed by atoms with Crippen molar-refractivity contribution in [3.63, 3.8) is 0 Å². The maximum atomic E-state index is 16.1. The standard InChI is InChI=1S/C21H23FN10O9P2S3/c22-8-7-1-37-42(34,44)41-13-12-18(31-5-27-9-14(23)25-4-26-15(9)31)39-21(13,2-36-12)3-38-43(35,45)40-11(8)19(46-7)32-6-28-10-16(32)29-20(24)30-17(10)33/h4-8,11-13,18-19H,1-3H2,(H,34,44)(H,35,45)(H2,23,25,26)(H3,24,29,30,33)/t7-,8+,11-,12-,13+,18-,19-,21-,42?,43?/m1/s1. The van der Waals surface area contributed by atoms with Gasteiger partial charge in [-0.05, 0) is 0 Å². The number of nitrogens with one attached hydrogen (secondary N) is 1. The zero-order chi connectivity index (χ0) is 32.2. The molecular weight excluding hydrogens is 713 g/mol. The number of aromatic amines is 1. The van der Waals surface area contributed by atoms with Gasteiger partial charge in [-0.3, -0.25) is 37.0 Å². The van der Waals surface area contributed by atoms with Gasteiger partial charge in [0.1, 0.15) is 47.3 Å². The molecule has 4 aromatic rings. The summed E-state index contributed by atoms with van der Waals surface area (Å²) in [7, 11) is 0. The highest BCUT2D eigenvalue weighted by Gasteiger charge is 2.66. The molecule has 0 amide bonds. The molecule has 0 saturated carbocycles. The van der Waals surface area contributed by atoms with E-state index in [4.69, 9.17) is 39.0 Å². The molecule has 0 radical (unpaired) electrons. The largest absolute Gasteiger partial charge is 0.386 e. The van der Waals surface area contributed by atoms with E-state index in [1.54, 1.807) is 0 Å². The number of nitrogens with two attached hydrogens (primary N) is 2. The first-order chi connectivity index (χ1) is 21.8. The summed E-state index contributed by atoms with van der Waals surface area (Å²) < 4.78 is 81.7. The Hall–Kier alpha value is -2.30. The Morgan fingerprint density at radius 2 is 1.76 bits per heavy atom. The second-order valence-corrected chi connectivity index (χ2v) is 17.9. The molecule has 4 aromatic heterocycles. The Bertz CT molecular complexity index is 2040. The zero-order valence-corrected chi connectivity index (χ0v) is 27.3. The molecule has 4 aliphatic rings. The van der Waals surface area contributed by atoms with E-state index in [1.165, 1.54) is 28.1 Å². The van der Waals surface area contributed by atoms with Gasteiger partial charge in [-0.25, -0.2) is 33.5 Å². The smallest absolute Gasteiger partial charge is 0.382 e. The third kappa shape index (κ3) is 4.99. The summed E-state index contributed by atoms with van der Waals surface area (Å²) in [5, 5.41) is -2.07. The Morgan fingerprint density at radius 3 is 2.59 bits per heavy atom. The molecule has 10 atom stereocenters. The SMILES string of the molecule is Nc1nc2c(ncn2[C@@H]2S[C@@H]3COP(=O)(S)O[C@H]4[C@H]5OC[C@]4(COP(=O)(S)O[C@@H]2[C@H]3F)O[C@H]5n2cnc3c(N)ncnc32)c(=O)[nH]1. The summed E-state index contributed by atoms with van der Waals surface area (Å²) in [5.74, 6) is -0.0588. The topological polar surface area (TPSA) is 249 Å². The van der Waals surface area contributed by atoms with Crippen LogP contribution in [0.3, 0.4) is 0 Å². The summed E-state index contributed by atoms with van der Waals surface area (Å²) in [6, 6.07) is 0. The summed E-state index contributed by atoms with van der Waals surface area (Å²) in [5.41, 5.74) is 10.1. The minimum Gasteiger partial charge on any atom is -0.382 e. The van der Waals surface area contributed by atoms with E-state index >= 15 is 4.39 Å². The Morgan fingerprint density at radius 1 is 1.00 bits per heavy atom. The van der Waals surface area contributed by atoms with Crippen molar-refractivity contribution in [1.82, 2.24) is 39.0 Å². The van der Waals surface area contributed by atoms with Gasteiger partial charge >= 0.3 is 13.6 Å². The van der Waals surface area contributed by atoms with Gasteiger partial charge in [0.05, 0.1) is 37.7 Å². The molecule has 4 saturated heterocycles. The van der Waals surface area contributed by atoms with Crippen LogP contribution < -0.4 is 17.0 Å². The molecular formula is C21H23FN10O9P2S3. The number of alkyl halides is 1.